The fraction of sp³-hybridized carbons (Fsp3) is 0.0556. The van der Waals surface area contributed by atoms with Crippen molar-refractivity contribution in [3.63, 3.8) is 0 Å². The maximum absolute atomic E-state index is 12.6. The number of amides is 1. The number of halogens is 1. The molecule has 0 bridgehead atoms. The van der Waals surface area contributed by atoms with Crippen LogP contribution in [0.3, 0.4) is 0 Å². The Labute approximate surface area is 155 Å². The van der Waals surface area contributed by atoms with Crippen molar-refractivity contribution in [2.24, 2.45) is 0 Å². The molecule has 0 spiro atoms. The fourth-order valence-corrected chi connectivity index (χ4v) is 4.97. The average Bonchev–Trinajstić information content (AvgIpc) is 3.10. The first-order valence-corrected chi connectivity index (χ1v) is 10.0. The van der Waals surface area contributed by atoms with Crippen LogP contribution in [0.2, 0.25) is 5.02 Å². The van der Waals surface area contributed by atoms with Crippen LogP contribution in [0, 0.1) is 6.92 Å². The molecule has 0 atom stereocenters. The van der Waals surface area contributed by atoms with Crippen molar-refractivity contribution >= 4 is 44.4 Å². The third kappa shape index (κ3) is 3.76. The molecule has 0 radical (unpaired) electrons. The number of thiophene rings is 1. The van der Waals surface area contributed by atoms with Gasteiger partial charge in [-0.3, -0.25) is 4.79 Å². The van der Waals surface area contributed by atoms with E-state index in [4.69, 9.17) is 11.6 Å². The lowest BCUT2D eigenvalue weighted by molar-refractivity contribution is 0.103. The third-order valence-corrected chi connectivity index (χ3v) is 7.31. The Balaban J connectivity index is 1.83. The van der Waals surface area contributed by atoms with E-state index in [1.807, 2.05) is 6.92 Å². The molecule has 1 aromatic heterocycles. The van der Waals surface area contributed by atoms with Crippen molar-refractivity contribution in [3.8, 4) is 0 Å². The minimum absolute atomic E-state index is 0.130. The molecule has 4 nitrogen and oxygen atoms in total. The Bertz CT molecular complexity index is 1030. The molecule has 3 rings (SSSR count). The first kappa shape index (κ1) is 17.7. The summed E-state index contributed by atoms with van der Waals surface area (Å²) in [5, 5.41) is 3.28. The van der Waals surface area contributed by atoms with E-state index in [9.17, 15) is 13.2 Å². The van der Waals surface area contributed by atoms with Gasteiger partial charge in [-0.05, 0) is 48.9 Å². The van der Waals surface area contributed by atoms with Gasteiger partial charge in [0.15, 0.2) is 0 Å². The summed E-state index contributed by atoms with van der Waals surface area (Å²) >= 11 is 6.98. The monoisotopic (exact) mass is 391 g/mol. The van der Waals surface area contributed by atoms with Crippen molar-refractivity contribution in [3.05, 3.63) is 76.1 Å². The van der Waals surface area contributed by atoms with Crippen LogP contribution >= 0.6 is 22.9 Å². The molecule has 1 amide bonds. The van der Waals surface area contributed by atoms with Crippen molar-refractivity contribution in [2.45, 2.75) is 16.0 Å². The van der Waals surface area contributed by atoms with E-state index in [1.165, 1.54) is 24.3 Å². The molecule has 0 aliphatic heterocycles. The minimum Gasteiger partial charge on any atom is -0.321 e. The van der Waals surface area contributed by atoms with Gasteiger partial charge in [0.05, 0.1) is 9.77 Å². The second-order valence-electron chi connectivity index (χ2n) is 5.35. The topological polar surface area (TPSA) is 63.2 Å². The van der Waals surface area contributed by atoms with E-state index in [-0.39, 0.29) is 15.0 Å². The Morgan fingerprint density at radius 2 is 1.76 bits per heavy atom. The highest BCUT2D eigenvalue weighted by Gasteiger charge is 2.21. The zero-order valence-corrected chi connectivity index (χ0v) is 15.6. The number of benzene rings is 2. The van der Waals surface area contributed by atoms with E-state index >= 15 is 0 Å². The summed E-state index contributed by atoms with van der Waals surface area (Å²) in [6.07, 6.45) is 0. The predicted molar refractivity (Wildman–Crippen MR) is 100 cm³/mol. The number of sulfone groups is 1. The maximum atomic E-state index is 12.6. The van der Waals surface area contributed by atoms with E-state index in [2.05, 4.69) is 5.32 Å². The molecule has 1 N–H and O–H groups in total. The van der Waals surface area contributed by atoms with Gasteiger partial charge in [-0.1, -0.05) is 35.9 Å². The van der Waals surface area contributed by atoms with E-state index < -0.39 is 9.84 Å². The minimum atomic E-state index is -3.62. The largest absolute Gasteiger partial charge is 0.321 e. The lowest BCUT2D eigenvalue weighted by Gasteiger charge is -2.05. The molecular formula is C18H14ClNO3S2. The standard InChI is InChI=1S/C18H14ClNO3S2/c1-12-7-8-13(11-15(12)19)20-18(21)16-9-10-17(24-16)25(22,23)14-5-3-2-4-6-14/h2-11H,1H3,(H,20,21). The van der Waals surface area contributed by atoms with Gasteiger partial charge in [-0.25, -0.2) is 8.42 Å². The molecule has 0 aliphatic rings. The van der Waals surface area contributed by atoms with E-state index in [1.54, 1.807) is 36.4 Å². The van der Waals surface area contributed by atoms with Crippen LogP contribution < -0.4 is 5.32 Å². The molecule has 25 heavy (non-hydrogen) atoms. The first-order valence-electron chi connectivity index (χ1n) is 7.35. The molecule has 0 fully saturated rings. The Morgan fingerprint density at radius 1 is 1.04 bits per heavy atom. The molecule has 0 unspecified atom stereocenters. The van der Waals surface area contributed by atoms with Gasteiger partial charge in [-0.15, -0.1) is 11.3 Å². The second kappa shape index (κ2) is 7.00. The van der Waals surface area contributed by atoms with Crippen LogP contribution in [0.1, 0.15) is 15.2 Å². The second-order valence-corrected chi connectivity index (χ2v) is 9.02. The highest BCUT2D eigenvalue weighted by Crippen LogP contribution is 2.28. The SMILES string of the molecule is Cc1ccc(NC(=O)c2ccc(S(=O)(=O)c3ccccc3)s2)cc1Cl. The summed E-state index contributed by atoms with van der Waals surface area (Å²) in [4.78, 5) is 12.9. The zero-order chi connectivity index (χ0) is 18.0. The highest BCUT2D eigenvalue weighted by atomic mass is 35.5. The van der Waals surface area contributed by atoms with Gasteiger partial charge in [0.1, 0.15) is 4.21 Å². The molecule has 128 valence electrons. The van der Waals surface area contributed by atoms with Crippen LogP contribution in [0.5, 0.6) is 0 Å². The normalized spacial score (nSPS) is 11.3. The zero-order valence-electron chi connectivity index (χ0n) is 13.2. The van der Waals surface area contributed by atoms with Crippen molar-refractivity contribution in [2.75, 3.05) is 5.32 Å². The molecule has 7 heteroatoms. The molecule has 2 aromatic carbocycles. The Hall–Kier alpha value is -2.15. The summed E-state index contributed by atoms with van der Waals surface area (Å²) < 4.78 is 25.3. The van der Waals surface area contributed by atoms with Crippen molar-refractivity contribution < 1.29 is 13.2 Å². The van der Waals surface area contributed by atoms with Gasteiger partial charge in [0.2, 0.25) is 9.84 Å². The van der Waals surface area contributed by atoms with Crippen molar-refractivity contribution in [1.82, 2.24) is 0 Å². The number of carbonyl (C=O) groups excluding carboxylic acids is 1. The van der Waals surface area contributed by atoms with Crippen LogP contribution in [-0.2, 0) is 9.84 Å². The fourth-order valence-electron chi connectivity index (χ4n) is 2.17. The van der Waals surface area contributed by atoms with Gasteiger partial charge < -0.3 is 5.32 Å². The summed E-state index contributed by atoms with van der Waals surface area (Å²) in [6, 6.07) is 16.3. The Morgan fingerprint density at radius 3 is 2.44 bits per heavy atom. The molecule has 0 saturated heterocycles. The van der Waals surface area contributed by atoms with E-state index in [0.717, 1.165) is 16.9 Å². The highest BCUT2D eigenvalue weighted by molar-refractivity contribution is 7.93. The van der Waals surface area contributed by atoms with Crippen LogP contribution in [0.4, 0.5) is 5.69 Å². The maximum Gasteiger partial charge on any atom is 0.265 e. The number of nitrogens with one attached hydrogen (secondary N) is 1. The summed E-state index contributed by atoms with van der Waals surface area (Å²) in [5.74, 6) is -0.376. The van der Waals surface area contributed by atoms with Gasteiger partial charge >= 0.3 is 0 Å². The van der Waals surface area contributed by atoms with Crippen LogP contribution in [0.25, 0.3) is 0 Å². The summed E-state index contributed by atoms with van der Waals surface area (Å²) in [7, 11) is -3.62. The molecular weight excluding hydrogens is 378 g/mol. The van der Waals surface area contributed by atoms with Gasteiger partial charge in [-0.2, -0.15) is 0 Å². The number of carbonyl (C=O) groups is 1. The number of anilines is 1. The first-order chi connectivity index (χ1) is 11.9. The van der Waals surface area contributed by atoms with Crippen LogP contribution in [-0.4, -0.2) is 14.3 Å². The summed E-state index contributed by atoms with van der Waals surface area (Å²) in [6.45, 7) is 1.87. The lowest BCUT2D eigenvalue weighted by atomic mass is 10.2. The van der Waals surface area contributed by atoms with Gasteiger partial charge in [0, 0.05) is 10.7 Å². The third-order valence-electron chi connectivity index (χ3n) is 3.55. The quantitative estimate of drug-likeness (QED) is 0.695. The van der Waals surface area contributed by atoms with E-state index in [0.29, 0.717) is 15.6 Å². The Kier molecular flexibility index (Phi) is 4.94. The number of rotatable bonds is 4. The lowest BCUT2D eigenvalue weighted by Crippen LogP contribution is -2.10. The predicted octanol–water partition coefficient (Wildman–Crippen LogP) is 4.80. The molecule has 0 aliphatic carbocycles. The van der Waals surface area contributed by atoms with Crippen molar-refractivity contribution in [1.29, 1.82) is 0 Å². The van der Waals surface area contributed by atoms with Crippen LogP contribution in [0.15, 0.2) is 69.8 Å². The molecule has 1 heterocycles. The van der Waals surface area contributed by atoms with Gasteiger partial charge in [0.25, 0.3) is 5.91 Å². The number of hydrogen-bond acceptors (Lipinski definition) is 4. The molecule has 3 aromatic rings. The summed E-state index contributed by atoms with van der Waals surface area (Å²) in [5.41, 5.74) is 1.47. The molecule has 0 saturated carbocycles. The number of aryl methyl sites for hydroxylation is 1. The average molecular weight is 392 g/mol. The smallest absolute Gasteiger partial charge is 0.265 e. The number of hydrogen-bond donors (Lipinski definition) is 1.